The van der Waals surface area contributed by atoms with Crippen molar-refractivity contribution >= 4 is 66.0 Å². The SMILES string of the molecule is C=Cc1c(/C=C\C)c2ccccc2n1-c1ccccc1-c1nc(-c2ccc(-c3cc4ccccc4s3)cc2)nc(-c2ccc(-c3c4ccccc4c(-c4ccccc4)c4ccccc34)cc2)n1. The van der Waals surface area contributed by atoms with Crippen molar-refractivity contribution in [3.05, 3.63) is 230 Å². The third-order valence-electron chi connectivity index (χ3n) is 12.8. The molecule has 3 aromatic heterocycles. The normalized spacial score (nSPS) is 11.7. The quantitative estimate of drug-likeness (QED) is 0.136. The summed E-state index contributed by atoms with van der Waals surface area (Å²) in [6, 6.07) is 73.3. The van der Waals surface area contributed by atoms with Crippen LogP contribution in [0.2, 0.25) is 0 Å². The second kappa shape index (κ2) is 16.8. The smallest absolute Gasteiger partial charge is 0.166 e. The molecule has 0 aliphatic rings. The number of benzene rings is 9. The van der Waals surface area contributed by atoms with Gasteiger partial charge in [-0.2, -0.15) is 0 Å². The zero-order valence-electron chi connectivity index (χ0n) is 36.8. The Kier molecular flexibility index (Phi) is 10.0. The average Bonchev–Trinajstić information content (AvgIpc) is 3.97. The lowest BCUT2D eigenvalue weighted by Gasteiger charge is -2.18. The summed E-state index contributed by atoms with van der Waals surface area (Å²) in [6.07, 6.45) is 6.18. The monoisotopic (exact) mass is 874 g/mol. The molecule has 0 radical (unpaired) electrons. The van der Waals surface area contributed by atoms with E-state index in [1.165, 1.54) is 53.2 Å². The molecule has 0 amide bonds. The van der Waals surface area contributed by atoms with E-state index in [9.17, 15) is 0 Å². The molecule has 12 aromatic rings. The Morgan fingerprint density at radius 2 is 0.955 bits per heavy atom. The molecular formula is C62H42N4S. The van der Waals surface area contributed by atoms with Gasteiger partial charge in [0.2, 0.25) is 0 Å². The molecule has 0 aliphatic carbocycles. The van der Waals surface area contributed by atoms with Crippen molar-refractivity contribution in [1.82, 2.24) is 19.5 Å². The van der Waals surface area contributed by atoms with Gasteiger partial charge in [-0.15, -0.1) is 11.3 Å². The van der Waals surface area contributed by atoms with E-state index in [1.54, 1.807) is 11.3 Å². The maximum Gasteiger partial charge on any atom is 0.166 e. The summed E-state index contributed by atoms with van der Waals surface area (Å²) in [7, 11) is 0. The van der Waals surface area contributed by atoms with Gasteiger partial charge < -0.3 is 4.57 Å². The number of hydrogen-bond donors (Lipinski definition) is 0. The molecule has 0 unspecified atom stereocenters. The first-order chi connectivity index (χ1) is 33.1. The van der Waals surface area contributed by atoms with Crippen LogP contribution >= 0.6 is 11.3 Å². The second-order valence-corrected chi connectivity index (χ2v) is 17.8. The van der Waals surface area contributed by atoms with Crippen molar-refractivity contribution in [3.8, 4) is 72.5 Å². The van der Waals surface area contributed by atoms with E-state index in [2.05, 4.69) is 230 Å². The van der Waals surface area contributed by atoms with Gasteiger partial charge in [0.25, 0.3) is 0 Å². The van der Waals surface area contributed by atoms with Gasteiger partial charge in [0.1, 0.15) is 0 Å². The Morgan fingerprint density at radius 3 is 1.57 bits per heavy atom. The minimum Gasteiger partial charge on any atom is -0.309 e. The third kappa shape index (κ3) is 6.96. The lowest BCUT2D eigenvalue weighted by Crippen LogP contribution is -2.04. The first-order valence-electron chi connectivity index (χ1n) is 22.6. The van der Waals surface area contributed by atoms with Gasteiger partial charge in [0, 0.05) is 37.2 Å². The highest BCUT2D eigenvalue weighted by Crippen LogP contribution is 2.44. The highest BCUT2D eigenvalue weighted by molar-refractivity contribution is 7.22. The third-order valence-corrected chi connectivity index (χ3v) is 13.9. The molecule has 67 heavy (non-hydrogen) atoms. The first-order valence-corrected chi connectivity index (χ1v) is 23.4. The van der Waals surface area contributed by atoms with Crippen LogP contribution < -0.4 is 0 Å². The van der Waals surface area contributed by atoms with Crippen LogP contribution in [0.5, 0.6) is 0 Å². The molecule has 12 rings (SSSR count). The fourth-order valence-corrected chi connectivity index (χ4v) is 10.8. The van der Waals surface area contributed by atoms with E-state index < -0.39 is 0 Å². The fraction of sp³-hybridized carbons (Fsp3) is 0.0161. The highest BCUT2D eigenvalue weighted by atomic mass is 32.1. The van der Waals surface area contributed by atoms with E-state index in [0.29, 0.717) is 17.5 Å². The van der Waals surface area contributed by atoms with Crippen LogP contribution in [0.1, 0.15) is 18.2 Å². The zero-order chi connectivity index (χ0) is 44.8. The Balaban J connectivity index is 1.02. The number of nitrogens with zero attached hydrogens (tertiary/aromatic N) is 4. The Morgan fingerprint density at radius 1 is 0.463 bits per heavy atom. The van der Waals surface area contributed by atoms with Crippen molar-refractivity contribution in [2.45, 2.75) is 6.92 Å². The van der Waals surface area contributed by atoms with Crippen LogP contribution in [0.25, 0.3) is 127 Å². The van der Waals surface area contributed by atoms with Crippen LogP contribution in [-0.2, 0) is 0 Å². The predicted octanol–water partition coefficient (Wildman–Crippen LogP) is 17.0. The van der Waals surface area contributed by atoms with Crippen LogP contribution in [0.3, 0.4) is 0 Å². The molecule has 3 heterocycles. The van der Waals surface area contributed by atoms with Gasteiger partial charge in [-0.3, -0.25) is 0 Å². The lowest BCUT2D eigenvalue weighted by atomic mass is 9.86. The maximum absolute atomic E-state index is 5.33. The number of para-hydroxylation sites is 2. The molecule has 9 aromatic carbocycles. The number of rotatable bonds is 9. The molecule has 0 aliphatic heterocycles. The molecule has 0 atom stereocenters. The van der Waals surface area contributed by atoms with Crippen LogP contribution in [0.4, 0.5) is 0 Å². The topological polar surface area (TPSA) is 43.6 Å². The van der Waals surface area contributed by atoms with Gasteiger partial charge in [-0.25, -0.2) is 15.0 Å². The minimum atomic E-state index is 0.585. The summed E-state index contributed by atoms with van der Waals surface area (Å²) >= 11 is 1.80. The van der Waals surface area contributed by atoms with Crippen LogP contribution in [0.15, 0.2) is 219 Å². The number of fused-ring (bicyclic) bond motifs is 4. The zero-order valence-corrected chi connectivity index (χ0v) is 37.6. The van der Waals surface area contributed by atoms with Gasteiger partial charge in [0.05, 0.1) is 16.9 Å². The molecule has 5 heteroatoms. The lowest BCUT2D eigenvalue weighted by molar-refractivity contribution is 1.05. The standard InChI is InChI=1S/C62H42N4S/c1-3-18-46-47-22-13-15-28-54(47)66(53(46)4-2)55-29-16-14-27-52(55)62-64-60(43-35-31-40(32-36-43)57-39-45-21-8-17-30-56(45)67-57)63-61(65-62)44-37-33-42(34-38-44)59-50-25-11-9-23-48(50)58(41-19-6-5-7-20-41)49-24-10-12-26-51(49)59/h3-39H,2H2,1H3/b18-3-. The Labute approximate surface area is 393 Å². The first kappa shape index (κ1) is 40.0. The van der Waals surface area contributed by atoms with Gasteiger partial charge in [-0.05, 0) is 98.1 Å². The average molecular weight is 875 g/mol. The summed E-state index contributed by atoms with van der Waals surface area (Å²) in [5.74, 6) is 1.79. The van der Waals surface area contributed by atoms with E-state index in [4.69, 9.17) is 15.0 Å². The van der Waals surface area contributed by atoms with E-state index in [0.717, 1.165) is 55.7 Å². The summed E-state index contributed by atoms with van der Waals surface area (Å²) in [5.41, 5.74) is 12.8. The maximum atomic E-state index is 5.33. The van der Waals surface area contributed by atoms with Crippen molar-refractivity contribution in [2.75, 3.05) is 0 Å². The number of aromatic nitrogens is 4. The van der Waals surface area contributed by atoms with E-state index in [1.807, 2.05) is 13.0 Å². The summed E-state index contributed by atoms with van der Waals surface area (Å²) in [6.45, 7) is 6.34. The Hall–Kier alpha value is -8.51. The van der Waals surface area contributed by atoms with E-state index in [-0.39, 0.29) is 0 Å². The molecule has 0 N–H and O–H groups in total. The molecule has 4 nitrogen and oxygen atoms in total. The van der Waals surface area contributed by atoms with Crippen LogP contribution in [-0.4, -0.2) is 19.5 Å². The minimum absolute atomic E-state index is 0.585. The van der Waals surface area contributed by atoms with Crippen molar-refractivity contribution in [1.29, 1.82) is 0 Å². The molecule has 0 fully saturated rings. The molecule has 0 saturated heterocycles. The second-order valence-electron chi connectivity index (χ2n) is 16.7. The van der Waals surface area contributed by atoms with Gasteiger partial charge in [-0.1, -0.05) is 195 Å². The van der Waals surface area contributed by atoms with Crippen molar-refractivity contribution in [3.63, 3.8) is 0 Å². The van der Waals surface area contributed by atoms with Gasteiger partial charge >= 0.3 is 0 Å². The predicted molar refractivity (Wildman–Crippen MR) is 284 cm³/mol. The molecule has 0 saturated carbocycles. The van der Waals surface area contributed by atoms with E-state index >= 15 is 0 Å². The van der Waals surface area contributed by atoms with Gasteiger partial charge in [0.15, 0.2) is 17.5 Å². The number of thiophene rings is 1. The van der Waals surface area contributed by atoms with Crippen molar-refractivity contribution < 1.29 is 0 Å². The highest BCUT2D eigenvalue weighted by Gasteiger charge is 2.22. The number of hydrogen-bond acceptors (Lipinski definition) is 4. The van der Waals surface area contributed by atoms with Crippen molar-refractivity contribution in [2.24, 2.45) is 0 Å². The summed E-state index contributed by atoms with van der Waals surface area (Å²) in [4.78, 5) is 17.1. The van der Waals surface area contributed by atoms with Crippen LogP contribution in [0, 0.1) is 0 Å². The molecular weight excluding hydrogens is 833 g/mol. The number of allylic oxidation sites excluding steroid dienone is 1. The molecule has 316 valence electrons. The Bertz CT molecular complexity index is 3790. The molecule has 0 bridgehead atoms. The summed E-state index contributed by atoms with van der Waals surface area (Å²) < 4.78 is 3.55. The largest absolute Gasteiger partial charge is 0.309 e. The molecule has 0 spiro atoms. The summed E-state index contributed by atoms with van der Waals surface area (Å²) in [5, 5.41) is 7.27. The fourth-order valence-electron chi connectivity index (χ4n) is 9.75.